The molecule has 0 spiro atoms. The molecule has 6 nitrogen and oxygen atoms in total. The lowest BCUT2D eigenvalue weighted by atomic mass is 10.0. The van der Waals surface area contributed by atoms with Gasteiger partial charge in [-0.3, -0.25) is 9.89 Å². The predicted molar refractivity (Wildman–Crippen MR) is 130 cm³/mol. The third-order valence-electron chi connectivity index (χ3n) is 6.25. The number of carbonyl (C=O) groups excluding carboxylic acids is 1. The Balaban J connectivity index is 1.29. The van der Waals surface area contributed by atoms with Crippen molar-refractivity contribution in [1.82, 2.24) is 19.7 Å². The highest BCUT2D eigenvalue weighted by molar-refractivity contribution is 6.06. The second-order valence-electron chi connectivity index (χ2n) is 8.39. The molecule has 3 heterocycles. The molecule has 0 saturated heterocycles. The van der Waals surface area contributed by atoms with Crippen molar-refractivity contribution < 1.29 is 4.79 Å². The molecular formula is C27H23N5O. The number of para-hydroxylation sites is 1. The maximum Gasteiger partial charge on any atom is 0.273 e. The first-order chi connectivity index (χ1) is 16.3. The number of imidazole rings is 1. The summed E-state index contributed by atoms with van der Waals surface area (Å²) < 4.78 is 2.22. The van der Waals surface area contributed by atoms with Crippen molar-refractivity contribution in [2.75, 3.05) is 5.32 Å². The number of anilines is 1. The molecular weight excluding hydrogens is 410 g/mol. The molecule has 3 aromatic carbocycles. The van der Waals surface area contributed by atoms with Crippen molar-refractivity contribution in [1.29, 1.82) is 0 Å². The van der Waals surface area contributed by atoms with Crippen LogP contribution in [0.2, 0.25) is 0 Å². The maximum atomic E-state index is 13.1. The van der Waals surface area contributed by atoms with Gasteiger partial charge in [0.1, 0.15) is 11.5 Å². The smallest absolute Gasteiger partial charge is 0.273 e. The Labute approximate surface area is 191 Å². The quantitative estimate of drug-likeness (QED) is 0.383. The number of nitrogens with one attached hydrogen (secondary N) is 2. The summed E-state index contributed by atoms with van der Waals surface area (Å²) in [5.74, 6) is 0.885. The fraction of sp³-hybridized carbons (Fsp3) is 0.148. The lowest BCUT2D eigenvalue weighted by Crippen LogP contribution is -2.13. The van der Waals surface area contributed by atoms with E-state index in [1.165, 1.54) is 12.8 Å². The highest BCUT2D eigenvalue weighted by atomic mass is 16.1. The van der Waals surface area contributed by atoms with E-state index in [0.717, 1.165) is 57.8 Å². The molecule has 6 heteroatoms. The summed E-state index contributed by atoms with van der Waals surface area (Å²) in [6, 6.07) is 23.9. The van der Waals surface area contributed by atoms with Gasteiger partial charge < -0.3 is 9.88 Å². The highest BCUT2D eigenvalue weighted by Crippen LogP contribution is 2.30. The van der Waals surface area contributed by atoms with Crippen LogP contribution in [-0.2, 0) is 13.0 Å². The number of fused-ring (bicyclic) bond motifs is 2. The topological polar surface area (TPSA) is 75.6 Å². The molecule has 33 heavy (non-hydrogen) atoms. The summed E-state index contributed by atoms with van der Waals surface area (Å²) >= 11 is 0. The van der Waals surface area contributed by atoms with Crippen LogP contribution in [0.1, 0.15) is 29.2 Å². The Morgan fingerprint density at radius 2 is 1.73 bits per heavy atom. The molecule has 1 aliphatic heterocycles. The van der Waals surface area contributed by atoms with Gasteiger partial charge in [0.25, 0.3) is 5.91 Å². The number of aromatic nitrogens is 4. The van der Waals surface area contributed by atoms with E-state index in [9.17, 15) is 4.79 Å². The number of hydrogen-bond acceptors (Lipinski definition) is 3. The number of H-pyrrole nitrogens is 1. The molecule has 0 unspecified atom stereocenters. The summed E-state index contributed by atoms with van der Waals surface area (Å²) in [7, 11) is 0. The largest absolute Gasteiger partial charge is 0.334 e. The monoisotopic (exact) mass is 433 g/mol. The average molecular weight is 434 g/mol. The number of amides is 1. The standard InChI is InChI=1S/C27H23N5O/c33-27(24-16-23(30-31-24)20-12-7-9-18-8-1-2-10-19(18)20)29-22-13-4-3-11-21(22)25-17-32-15-6-5-14-26(32)28-25/h1-4,7-13,16-17H,5-6,14-15H2,(H,29,33)(H,30,31). The molecule has 2 aromatic heterocycles. The van der Waals surface area contributed by atoms with Gasteiger partial charge in [0.05, 0.1) is 17.1 Å². The number of hydrogen-bond donors (Lipinski definition) is 2. The number of aryl methyl sites for hydroxylation is 2. The van der Waals surface area contributed by atoms with Gasteiger partial charge in [-0.05, 0) is 35.7 Å². The van der Waals surface area contributed by atoms with Crippen LogP contribution in [-0.4, -0.2) is 25.7 Å². The Hall–Kier alpha value is -4.19. The fourth-order valence-electron chi connectivity index (χ4n) is 4.57. The van der Waals surface area contributed by atoms with Crippen LogP contribution >= 0.6 is 0 Å². The minimum atomic E-state index is -0.231. The SMILES string of the molecule is O=C(Nc1ccccc1-c1cn2c(n1)CCCC2)c1cc(-c2cccc3ccccc23)n[nH]1. The Bertz CT molecular complexity index is 1450. The van der Waals surface area contributed by atoms with E-state index < -0.39 is 0 Å². The van der Waals surface area contributed by atoms with Gasteiger partial charge in [-0.25, -0.2) is 4.98 Å². The summed E-state index contributed by atoms with van der Waals surface area (Å²) in [4.78, 5) is 17.9. The van der Waals surface area contributed by atoms with Gasteiger partial charge in [-0.15, -0.1) is 0 Å². The number of rotatable bonds is 4. The van der Waals surface area contributed by atoms with Crippen molar-refractivity contribution >= 4 is 22.4 Å². The molecule has 0 aliphatic carbocycles. The predicted octanol–water partition coefficient (Wildman–Crippen LogP) is 5.68. The van der Waals surface area contributed by atoms with Crippen LogP contribution < -0.4 is 5.32 Å². The molecule has 0 saturated carbocycles. The number of aromatic amines is 1. The van der Waals surface area contributed by atoms with E-state index in [1.807, 2.05) is 48.5 Å². The lowest BCUT2D eigenvalue weighted by Gasteiger charge is -2.11. The van der Waals surface area contributed by atoms with Crippen molar-refractivity contribution in [3.05, 3.63) is 90.5 Å². The molecule has 0 fully saturated rings. The number of carbonyl (C=O) groups is 1. The van der Waals surface area contributed by atoms with Crippen molar-refractivity contribution in [2.45, 2.75) is 25.8 Å². The normalized spacial score (nSPS) is 13.1. The molecule has 1 amide bonds. The van der Waals surface area contributed by atoms with Crippen LogP contribution in [0.25, 0.3) is 33.3 Å². The number of nitrogens with zero attached hydrogens (tertiary/aromatic N) is 3. The van der Waals surface area contributed by atoms with Gasteiger partial charge in [-0.2, -0.15) is 5.10 Å². The summed E-state index contributed by atoms with van der Waals surface area (Å²) in [6.45, 7) is 1.00. The first kappa shape index (κ1) is 19.5. The third-order valence-corrected chi connectivity index (χ3v) is 6.25. The zero-order valence-electron chi connectivity index (χ0n) is 18.1. The van der Waals surface area contributed by atoms with Gasteiger partial charge in [0.15, 0.2) is 0 Å². The summed E-state index contributed by atoms with van der Waals surface area (Å²) in [6.07, 6.45) is 5.45. The van der Waals surface area contributed by atoms with Gasteiger partial charge in [0, 0.05) is 30.3 Å². The van der Waals surface area contributed by atoms with Crippen molar-refractivity contribution in [3.63, 3.8) is 0 Å². The second-order valence-corrected chi connectivity index (χ2v) is 8.39. The minimum absolute atomic E-state index is 0.231. The molecule has 0 bridgehead atoms. The highest BCUT2D eigenvalue weighted by Gasteiger charge is 2.18. The Morgan fingerprint density at radius 1 is 0.909 bits per heavy atom. The fourth-order valence-corrected chi connectivity index (χ4v) is 4.57. The minimum Gasteiger partial charge on any atom is -0.334 e. The van der Waals surface area contributed by atoms with E-state index in [2.05, 4.69) is 44.5 Å². The molecule has 162 valence electrons. The zero-order valence-corrected chi connectivity index (χ0v) is 18.1. The molecule has 0 radical (unpaired) electrons. The Morgan fingerprint density at radius 3 is 2.67 bits per heavy atom. The van der Waals surface area contributed by atoms with E-state index >= 15 is 0 Å². The lowest BCUT2D eigenvalue weighted by molar-refractivity contribution is 0.102. The molecule has 2 N–H and O–H groups in total. The van der Waals surface area contributed by atoms with Gasteiger partial charge in [-0.1, -0.05) is 60.7 Å². The van der Waals surface area contributed by atoms with Crippen LogP contribution in [0.3, 0.4) is 0 Å². The van der Waals surface area contributed by atoms with E-state index in [-0.39, 0.29) is 5.91 Å². The third kappa shape index (κ3) is 3.59. The molecule has 6 rings (SSSR count). The average Bonchev–Trinajstić information content (AvgIpc) is 3.52. The summed E-state index contributed by atoms with van der Waals surface area (Å²) in [5, 5.41) is 12.6. The zero-order chi connectivity index (χ0) is 22.2. The van der Waals surface area contributed by atoms with Gasteiger partial charge >= 0.3 is 0 Å². The van der Waals surface area contributed by atoms with Crippen LogP contribution in [0, 0.1) is 0 Å². The maximum absolute atomic E-state index is 13.1. The van der Waals surface area contributed by atoms with E-state index in [1.54, 1.807) is 6.07 Å². The first-order valence-corrected chi connectivity index (χ1v) is 11.3. The van der Waals surface area contributed by atoms with Crippen molar-refractivity contribution in [2.24, 2.45) is 0 Å². The van der Waals surface area contributed by atoms with Crippen LogP contribution in [0.15, 0.2) is 79.0 Å². The summed E-state index contributed by atoms with van der Waals surface area (Å²) in [5.41, 5.74) is 4.70. The molecule has 0 atom stereocenters. The second kappa shape index (κ2) is 8.06. The molecule has 5 aromatic rings. The van der Waals surface area contributed by atoms with Gasteiger partial charge in [0.2, 0.25) is 0 Å². The van der Waals surface area contributed by atoms with E-state index in [4.69, 9.17) is 4.98 Å². The van der Waals surface area contributed by atoms with Crippen LogP contribution in [0.5, 0.6) is 0 Å². The van der Waals surface area contributed by atoms with E-state index in [0.29, 0.717) is 5.69 Å². The van der Waals surface area contributed by atoms with Crippen LogP contribution in [0.4, 0.5) is 5.69 Å². The number of benzene rings is 3. The molecule has 1 aliphatic rings. The Kier molecular flexibility index (Phi) is 4.76. The first-order valence-electron chi connectivity index (χ1n) is 11.3. The van der Waals surface area contributed by atoms with Crippen molar-refractivity contribution in [3.8, 4) is 22.5 Å².